The first-order valence-corrected chi connectivity index (χ1v) is 7.89. The summed E-state index contributed by atoms with van der Waals surface area (Å²) in [6, 6.07) is 5.07. The summed E-state index contributed by atoms with van der Waals surface area (Å²) >= 11 is 0. The van der Waals surface area contributed by atoms with Crippen molar-refractivity contribution in [1.29, 1.82) is 0 Å². The monoisotopic (exact) mass is 288 g/mol. The predicted octanol–water partition coefficient (Wildman–Crippen LogP) is 2.30. The zero-order chi connectivity index (χ0) is 14.6. The van der Waals surface area contributed by atoms with Crippen LogP contribution < -0.4 is 0 Å². The SMILES string of the molecule is Cc1cc(C(=O)N2CC3CC4CC2CN(C4)C3)ccc1F. The molecule has 4 unspecified atom stereocenters. The van der Waals surface area contributed by atoms with E-state index in [1.165, 1.54) is 19.0 Å². The van der Waals surface area contributed by atoms with Gasteiger partial charge in [0.15, 0.2) is 0 Å². The molecule has 4 aliphatic heterocycles. The molecule has 4 heteroatoms. The molecule has 4 bridgehead atoms. The Hall–Kier alpha value is -1.42. The zero-order valence-corrected chi connectivity index (χ0v) is 12.4. The van der Waals surface area contributed by atoms with Gasteiger partial charge in [-0.25, -0.2) is 4.39 Å². The van der Waals surface area contributed by atoms with Crippen molar-refractivity contribution in [2.24, 2.45) is 11.8 Å². The normalized spacial score (nSPS) is 34.1. The summed E-state index contributed by atoms with van der Waals surface area (Å²) in [5, 5.41) is 0. The summed E-state index contributed by atoms with van der Waals surface area (Å²) in [5.74, 6) is 1.21. The van der Waals surface area contributed by atoms with Crippen LogP contribution in [0, 0.1) is 24.6 Å². The maximum Gasteiger partial charge on any atom is 0.254 e. The first kappa shape index (κ1) is 13.3. The largest absolute Gasteiger partial charge is 0.334 e. The molecule has 4 saturated heterocycles. The maximum atomic E-state index is 13.4. The fourth-order valence-electron chi connectivity index (χ4n) is 4.48. The minimum Gasteiger partial charge on any atom is -0.334 e. The van der Waals surface area contributed by atoms with E-state index in [9.17, 15) is 9.18 Å². The van der Waals surface area contributed by atoms with Crippen LogP contribution in [0.4, 0.5) is 4.39 Å². The molecule has 4 fully saturated rings. The summed E-state index contributed by atoms with van der Waals surface area (Å²) in [5.41, 5.74) is 1.18. The Morgan fingerprint density at radius 1 is 1.14 bits per heavy atom. The third-order valence-electron chi connectivity index (χ3n) is 5.34. The molecule has 0 aromatic heterocycles. The highest BCUT2D eigenvalue weighted by molar-refractivity contribution is 5.94. The molecule has 1 amide bonds. The van der Waals surface area contributed by atoms with E-state index >= 15 is 0 Å². The molecular weight excluding hydrogens is 267 g/mol. The standard InChI is InChI=1S/C17H21FN2O/c1-11-4-14(2-3-16(11)18)17(21)20-9-13-5-12-6-15(20)10-19(7-12)8-13/h2-4,12-13,15H,5-10H2,1H3. The molecule has 4 atom stereocenters. The van der Waals surface area contributed by atoms with Gasteiger partial charge in [0, 0.05) is 37.8 Å². The van der Waals surface area contributed by atoms with Crippen LogP contribution in [0.25, 0.3) is 0 Å². The second-order valence-corrected chi connectivity index (χ2v) is 7.00. The fraction of sp³-hybridized carbons (Fsp3) is 0.588. The van der Waals surface area contributed by atoms with Crippen molar-refractivity contribution >= 4 is 5.91 Å². The van der Waals surface area contributed by atoms with E-state index in [4.69, 9.17) is 0 Å². The van der Waals surface area contributed by atoms with Crippen molar-refractivity contribution in [3.8, 4) is 0 Å². The van der Waals surface area contributed by atoms with Gasteiger partial charge in [-0.2, -0.15) is 0 Å². The van der Waals surface area contributed by atoms with E-state index in [2.05, 4.69) is 9.80 Å². The van der Waals surface area contributed by atoms with Crippen molar-refractivity contribution in [1.82, 2.24) is 9.80 Å². The first-order valence-electron chi connectivity index (χ1n) is 7.89. The van der Waals surface area contributed by atoms with Crippen molar-refractivity contribution in [3.63, 3.8) is 0 Å². The van der Waals surface area contributed by atoms with Gasteiger partial charge in [-0.1, -0.05) is 0 Å². The number of benzene rings is 1. The lowest BCUT2D eigenvalue weighted by atomic mass is 9.84. The Balaban J connectivity index is 1.63. The van der Waals surface area contributed by atoms with Crippen molar-refractivity contribution in [3.05, 3.63) is 35.1 Å². The Kier molecular flexibility index (Phi) is 3.03. The van der Waals surface area contributed by atoms with E-state index in [0.29, 0.717) is 23.1 Å². The summed E-state index contributed by atoms with van der Waals surface area (Å²) < 4.78 is 13.4. The molecule has 0 N–H and O–H groups in total. The average molecular weight is 288 g/mol. The molecule has 0 aliphatic carbocycles. The minimum absolute atomic E-state index is 0.0810. The molecule has 4 aliphatic rings. The van der Waals surface area contributed by atoms with Gasteiger partial charge in [0.05, 0.1) is 0 Å². The Morgan fingerprint density at radius 2 is 1.95 bits per heavy atom. The second kappa shape index (κ2) is 4.80. The van der Waals surface area contributed by atoms with E-state index < -0.39 is 0 Å². The van der Waals surface area contributed by atoms with Crippen LogP contribution >= 0.6 is 0 Å². The quantitative estimate of drug-likeness (QED) is 0.791. The van der Waals surface area contributed by atoms with Crippen LogP contribution in [0.2, 0.25) is 0 Å². The molecule has 112 valence electrons. The Labute approximate surface area is 124 Å². The molecule has 1 aromatic rings. The maximum absolute atomic E-state index is 13.4. The van der Waals surface area contributed by atoms with Crippen molar-refractivity contribution in [2.75, 3.05) is 26.2 Å². The molecule has 0 radical (unpaired) electrons. The highest BCUT2D eigenvalue weighted by Gasteiger charge is 2.43. The second-order valence-electron chi connectivity index (χ2n) is 7.00. The third-order valence-corrected chi connectivity index (χ3v) is 5.34. The van der Waals surface area contributed by atoms with E-state index in [0.717, 1.165) is 32.0 Å². The Bertz CT molecular complexity index is 574. The van der Waals surface area contributed by atoms with Crippen molar-refractivity contribution < 1.29 is 9.18 Å². The van der Waals surface area contributed by atoms with Crippen LogP contribution in [-0.2, 0) is 0 Å². The number of rotatable bonds is 1. The summed E-state index contributed by atoms with van der Waals surface area (Å²) in [6.45, 7) is 5.95. The van der Waals surface area contributed by atoms with Crippen LogP contribution in [0.3, 0.4) is 0 Å². The number of piperidine rings is 2. The van der Waals surface area contributed by atoms with Crippen LogP contribution in [0.5, 0.6) is 0 Å². The highest BCUT2D eigenvalue weighted by Crippen LogP contribution is 2.37. The number of nitrogens with zero attached hydrogens (tertiary/aromatic N) is 2. The van der Waals surface area contributed by atoms with Crippen LogP contribution in [0.15, 0.2) is 18.2 Å². The summed E-state index contributed by atoms with van der Waals surface area (Å²) in [7, 11) is 0. The molecule has 0 spiro atoms. The Morgan fingerprint density at radius 3 is 2.71 bits per heavy atom. The molecule has 4 heterocycles. The smallest absolute Gasteiger partial charge is 0.254 e. The number of aryl methyl sites for hydroxylation is 1. The van der Waals surface area contributed by atoms with E-state index in [1.807, 2.05) is 0 Å². The highest BCUT2D eigenvalue weighted by atomic mass is 19.1. The topological polar surface area (TPSA) is 23.6 Å². The van der Waals surface area contributed by atoms with Crippen molar-refractivity contribution in [2.45, 2.75) is 25.8 Å². The molecule has 21 heavy (non-hydrogen) atoms. The van der Waals surface area contributed by atoms with Gasteiger partial charge in [0.1, 0.15) is 5.82 Å². The average Bonchev–Trinajstić information content (AvgIpc) is 2.65. The number of fused-ring (bicyclic) bond motifs is 1. The number of amides is 1. The van der Waals surface area contributed by atoms with Gasteiger partial charge in [0.25, 0.3) is 5.91 Å². The zero-order valence-electron chi connectivity index (χ0n) is 12.4. The number of halogens is 1. The molecule has 3 nitrogen and oxygen atoms in total. The fourth-order valence-corrected chi connectivity index (χ4v) is 4.48. The van der Waals surface area contributed by atoms with E-state index in [1.54, 1.807) is 19.1 Å². The summed E-state index contributed by atoms with van der Waals surface area (Å²) in [6.07, 6.45) is 2.40. The van der Waals surface area contributed by atoms with Crippen LogP contribution in [0.1, 0.15) is 28.8 Å². The molecule has 0 saturated carbocycles. The van der Waals surface area contributed by atoms with Gasteiger partial charge in [-0.3, -0.25) is 4.79 Å². The van der Waals surface area contributed by atoms with Gasteiger partial charge in [-0.15, -0.1) is 0 Å². The predicted molar refractivity (Wildman–Crippen MR) is 78.6 cm³/mol. The van der Waals surface area contributed by atoms with Gasteiger partial charge >= 0.3 is 0 Å². The first-order chi connectivity index (χ1) is 10.1. The minimum atomic E-state index is -0.242. The number of hydrogen-bond donors (Lipinski definition) is 0. The van der Waals surface area contributed by atoms with E-state index in [-0.39, 0.29) is 11.7 Å². The number of hydrogen-bond acceptors (Lipinski definition) is 2. The van der Waals surface area contributed by atoms with Gasteiger partial charge in [0.2, 0.25) is 0 Å². The lowest BCUT2D eigenvalue weighted by molar-refractivity contribution is 0.0573. The third kappa shape index (κ3) is 2.26. The number of carbonyl (C=O) groups is 1. The van der Waals surface area contributed by atoms with Gasteiger partial charge in [-0.05, 0) is 55.4 Å². The van der Waals surface area contributed by atoms with Crippen LogP contribution in [-0.4, -0.2) is 47.9 Å². The lowest BCUT2D eigenvalue weighted by Crippen LogP contribution is -2.50. The lowest BCUT2D eigenvalue weighted by Gasteiger charge is -2.41. The molecule has 5 rings (SSSR count). The number of carbonyl (C=O) groups excluding carboxylic acids is 1. The summed E-state index contributed by atoms with van der Waals surface area (Å²) in [4.78, 5) is 17.5. The molecular formula is C17H21FN2O. The molecule has 1 aromatic carbocycles. The van der Waals surface area contributed by atoms with Gasteiger partial charge < -0.3 is 9.80 Å².